The van der Waals surface area contributed by atoms with E-state index in [1.54, 1.807) is 24.5 Å². The highest BCUT2D eigenvalue weighted by Gasteiger charge is 2.16. The van der Waals surface area contributed by atoms with E-state index in [1.165, 1.54) is 0 Å². The van der Waals surface area contributed by atoms with Crippen molar-refractivity contribution in [3.63, 3.8) is 0 Å². The van der Waals surface area contributed by atoms with Gasteiger partial charge in [-0.15, -0.1) is 0 Å². The topological polar surface area (TPSA) is 124 Å². The molecule has 148 valence electrons. The number of carboxylic acids is 1. The van der Waals surface area contributed by atoms with E-state index >= 15 is 0 Å². The summed E-state index contributed by atoms with van der Waals surface area (Å²) in [5.74, 6) is -0.193. The van der Waals surface area contributed by atoms with Crippen LogP contribution >= 0.6 is 0 Å². The number of fused-ring (bicyclic) bond motifs is 1. The minimum Gasteiger partial charge on any atom is -0.507 e. The van der Waals surface area contributed by atoms with Gasteiger partial charge >= 0.3 is 5.97 Å². The third-order valence-corrected chi connectivity index (χ3v) is 4.66. The third kappa shape index (κ3) is 3.52. The predicted molar refractivity (Wildman–Crippen MR) is 108 cm³/mol. The maximum atomic E-state index is 11.3. The molecule has 0 radical (unpaired) electrons. The van der Waals surface area contributed by atoms with Gasteiger partial charge in [0, 0.05) is 34.7 Å². The lowest BCUT2D eigenvalue weighted by Crippen LogP contribution is -2.01. The van der Waals surface area contributed by atoms with Gasteiger partial charge in [-0.1, -0.05) is 26.0 Å². The van der Waals surface area contributed by atoms with Crippen LogP contribution in [0.4, 0.5) is 5.69 Å². The summed E-state index contributed by atoms with van der Waals surface area (Å²) >= 11 is 0. The molecule has 4 N–H and O–H groups in total. The Hall–Kier alpha value is -3.81. The summed E-state index contributed by atoms with van der Waals surface area (Å²) in [6.07, 6.45) is 1.54. The number of benzene rings is 2. The van der Waals surface area contributed by atoms with Crippen molar-refractivity contribution in [2.75, 3.05) is 5.32 Å². The molecule has 8 heteroatoms. The first kappa shape index (κ1) is 18.5. The molecular weight excluding hydrogens is 372 g/mol. The number of aromatic amines is 1. The quantitative estimate of drug-likeness (QED) is 0.384. The number of carbonyl (C=O) groups is 1. The van der Waals surface area contributed by atoms with Gasteiger partial charge in [-0.25, -0.2) is 9.78 Å². The zero-order valence-electron chi connectivity index (χ0n) is 15.9. The first-order valence-corrected chi connectivity index (χ1v) is 9.16. The molecule has 0 fully saturated rings. The number of nitrogens with zero attached hydrogens (tertiary/aromatic N) is 2. The van der Waals surface area contributed by atoms with Crippen LogP contribution in [0.1, 0.15) is 41.7 Å². The maximum absolute atomic E-state index is 11.3. The molecule has 0 aliphatic carbocycles. The predicted octanol–water partition coefficient (Wildman–Crippen LogP) is 4.36. The number of aromatic nitrogens is 3. The van der Waals surface area contributed by atoms with Crippen LogP contribution in [0.3, 0.4) is 0 Å². The van der Waals surface area contributed by atoms with Gasteiger partial charge in [0.25, 0.3) is 0 Å². The zero-order valence-corrected chi connectivity index (χ0v) is 15.9. The highest BCUT2D eigenvalue weighted by molar-refractivity contribution is 6.01. The fourth-order valence-electron chi connectivity index (χ4n) is 3.10. The SMILES string of the molecule is CC(C)c1nc(-c2cccc(CNc3ccc4[nH]nc(C(=O)O)c4c3)c2O)co1. The summed E-state index contributed by atoms with van der Waals surface area (Å²) in [5.41, 5.74) is 3.19. The van der Waals surface area contributed by atoms with Crippen LogP contribution in [0.2, 0.25) is 0 Å². The Bertz CT molecular complexity index is 1190. The van der Waals surface area contributed by atoms with Gasteiger partial charge < -0.3 is 19.9 Å². The number of aromatic hydroxyl groups is 1. The number of anilines is 1. The van der Waals surface area contributed by atoms with Crippen molar-refractivity contribution in [2.24, 2.45) is 0 Å². The number of H-pyrrole nitrogens is 1. The zero-order chi connectivity index (χ0) is 20.5. The molecule has 0 atom stereocenters. The molecule has 0 unspecified atom stereocenters. The second kappa shape index (κ2) is 7.31. The molecule has 4 aromatic rings. The van der Waals surface area contributed by atoms with E-state index in [9.17, 15) is 15.0 Å². The summed E-state index contributed by atoms with van der Waals surface area (Å²) < 4.78 is 5.47. The monoisotopic (exact) mass is 392 g/mol. The number of phenols is 1. The average molecular weight is 392 g/mol. The Morgan fingerprint density at radius 2 is 2.10 bits per heavy atom. The number of aromatic carboxylic acids is 1. The molecule has 0 saturated heterocycles. The van der Waals surface area contributed by atoms with E-state index in [4.69, 9.17) is 4.42 Å². The fourth-order valence-corrected chi connectivity index (χ4v) is 3.10. The summed E-state index contributed by atoms with van der Waals surface area (Å²) in [4.78, 5) is 15.7. The Morgan fingerprint density at radius 3 is 2.83 bits per heavy atom. The van der Waals surface area contributed by atoms with Crippen LogP contribution in [-0.4, -0.2) is 31.4 Å². The summed E-state index contributed by atoms with van der Waals surface area (Å²) in [6, 6.07) is 10.7. The maximum Gasteiger partial charge on any atom is 0.357 e. The van der Waals surface area contributed by atoms with Gasteiger partial charge in [0.1, 0.15) is 17.7 Å². The summed E-state index contributed by atoms with van der Waals surface area (Å²) in [6.45, 7) is 4.32. The Kier molecular flexibility index (Phi) is 4.67. The van der Waals surface area contributed by atoms with E-state index in [2.05, 4.69) is 20.5 Å². The molecule has 0 amide bonds. The molecular formula is C21H20N4O4. The summed E-state index contributed by atoms with van der Waals surface area (Å²) in [5, 5.41) is 30.2. The summed E-state index contributed by atoms with van der Waals surface area (Å²) in [7, 11) is 0. The number of hydrogen-bond donors (Lipinski definition) is 4. The number of nitrogens with one attached hydrogen (secondary N) is 2. The molecule has 0 aliphatic heterocycles. The van der Waals surface area contributed by atoms with Crippen molar-refractivity contribution < 1.29 is 19.4 Å². The van der Waals surface area contributed by atoms with Crippen molar-refractivity contribution in [2.45, 2.75) is 26.3 Å². The number of phenolic OH excluding ortho intramolecular Hbond substituents is 1. The molecule has 0 saturated carbocycles. The third-order valence-electron chi connectivity index (χ3n) is 4.66. The van der Waals surface area contributed by atoms with Gasteiger partial charge in [-0.05, 0) is 24.3 Å². The van der Waals surface area contributed by atoms with Gasteiger partial charge in [-0.3, -0.25) is 5.10 Å². The van der Waals surface area contributed by atoms with Crippen LogP contribution in [0, 0.1) is 0 Å². The first-order chi connectivity index (χ1) is 13.9. The molecule has 8 nitrogen and oxygen atoms in total. The van der Waals surface area contributed by atoms with E-state index in [1.807, 2.05) is 32.0 Å². The molecule has 2 heterocycles. The van der Waals surface area contributed by atoms with Crippen LogP contribution in [0.5, 0.6) is 5.75 Å². The number of hydrogen-bond acceptors (Lipinski definition) is 6. The van der Waals surface area contributed by atoms with Crippen LogP contribution in [0.25, 0.3) is 22.2 Å². The number of para-hydroxylation sites is 1. The lowest BCUT2D eigenvalue weighted by atomic mass is 10.1. The van der Waals surface area contributed by atoms with Gasteiger partial charge in [0.05, 0.1) is 5.52 Å². The van der Waals surface area contributed by atoms with E-state index < -0.39 is 5.97 Å². The van der Waals surface area contributed by atoms with E-state index in [0.29, 0.717) is 40.2 Å². The molecule has 0 aliphatic rings. The normalized spacial score (nSPS) is 11.3. The van der Waals surface area contributed by atoms with Crippen LogP contribution in [-0.2, 0) is 6.54 Å². The number of rotatable bonds is 6. The minimum atomic E-state index is -1.09. The molecule has 4 rings (SSSR count). The van der Waals surface area contributed by atoms with Crippen molar-refractivity contribution in [3.05, 3.63) is 59.8 Å². The highest BCUT2D eigenvalue weighted by Crippen LogP contribution is 2.33. The second-order valence-electron chi connectivity index (χ2n) is 7.03. The first-order valence-electron chi connectivity index (χ1n) is 9.16. The fraction of sp³-hybridized carbons (Fsp3) is 0.190. The van der Waals surface area contributed by atoms with Crippen molar-refractivity contribution in [1.29, 1.82) is 0 Å². The lowest BCUT2D eigenvalue weighted by molar-refractivity contribution is 0.0692. The van der Waals surface area contributed by atoms with Gasteiger partial charge in [-0.2, -0.15) is 5.10 Å². The van der Waals surface area contributed by atoms with Crippen LogP contribution < -0.4 is 5.32 Å². The van der Waals surface area contributed by atoms with Crippen molar-refractivity contribution in [1.82, 2.24) is 15.2 Å². The second-order valence-corrected chi connectivity index (χ2v) is 7.03. The largest absolute Gasteiger partial charge is 0.507 e. The molecule has 2 aromatic carbocycles. The van der Waals surface area contributed by atoms with Gasteiger partial charge in [0.15, 0.2) is 11.6 Å². The van der Waals surface area contributed by atoms with Crippen LogP contribution in [0.15, 0.2) is 47.1 Å². The molecule has 2 aromatic heterocycles. The number of carboxylic acid groups (broad SMARTS) is 1. The standard InChI is InChI=1S/C21H20N4O4/c1-11(2)20-23-17(10-29-20)14-5-3-4-12(19(14)26)9-22-13-6-7-16-15(8-13)18(21(27)28)25-24-16/h3-8,10-11,22,26H,9H2,1-2H3,(H,24,25)(H,27,28). The Balaban J connectivity index is 1.58. The van der Waals surface area contributed by atoms with E-state index in [-0.39, 0.29) is 17.4 Å². The molecule has 29 heavy (non-hydrogen) atoms. The smallest absolute Gasteiger partial charge is 0.357 e. The minimum absolute atomic E-state index is 0.0273. The van der Waals surface area contributed by atoms with E-state index in [0.717, 1.165) is 5.69 Å². The van der Waals surface area contributed by atoms with Crippen molar-refractivity contribution in [3.8, 4) is 17.0 Å². The lowest BCUT2D eigenvalue weighted by Gasteiger charge is -2.10. The Morgan fingerprint density at radius 1 is 1.28 bits per heavy atom. The molecule has 0 spiro atoms. The number of oxazole rings is 1. The average Bonchev–Trinajstić information content (AvgIpc) is 3.34. The van der Waals surface area contributed by atoms with Crippen molar-refractivity contribution >= 4 is 22.6 Å². The van der Waals surface area contributed by atoms with Gasteiger partial charge in [0.2, 0.25) is 0 Å². The highest BCUT2D eigenvalue weighted by atomic mass is 16.4. The molecule has 0 bridgehead atoms. The Labute approximate surface area is 166 Å².